The number of aromatic nitrogens is 2. The molecule has 17 nitrogen and oxygen atoms in total. The fraction of sp³-hybridized carbons (Fsp3) is 0.647. The first-order valence-electron chi connectivity index (χ1n) is 9.60. The van der Waals surface area contributed by atoms with Crippen LogP contribution in [-0.4, -0.2) is 92.0 Å². The molecule has 0 fully saturated rings. The maximum Gasteiger partial charge on any atom is 0.510 e. The van der Waals surface area contributed by atoms with Gasteiger partial charge in [0.2, 0.25) is 13.6 Å². The summed E-state index contributed by atoms with van der Waals surface area (Å²) >= 11 is 0. The van der Waals surface area contributed by atoms with Crippen LogP contribution in [0.15, 0.2) is 21.9 Å². The third kappa shape index (κ3) is 8.09. The van der Waals surface area contributed by atoms with Gasteiger partial charge < -0.3 is 33.9 Å². The molecule has 0 saturated carbocycles. The smallest absolute Gasteiger partial charge is 0.438 e. The van der Waals surface area contributed by atoms with Crippen LogP contribution in [0.2, 0.25) is 0 Å². The molecule has 0 radical (unpaired) electrons. The number of halogens is 1. The number of phosphoric ester groups is 1. The molecule has 0 aliphatic heterocycles. The van der Waals surface area contributed by atoms with Crippen LogP contribution in [0.25, 0.3) is 0 Å². The van der Waals surface area contributed by atoms with Gasteiger partial charge >= 0.3 is 25.8 Å². The van der Waals surface area contributed by atoms with Crippen molar-refractivity contribution >= 4 is 20.1 Å². The number of phosphoric acid groups is 1. The van der Waals surface area contributed by atoms with Crippen LogP contribution in [0.4, 0.5) is 14.0 Å². The number of methoxy groups -OCH3 is 3. The average Bonchev–Trinajstić information content (AvgIpc) is 2.84. The molecule has 0 aliphatic rings. The summed E-state index contributed by atoms with van der Waals surface area (Å²) in [7, 11) is -2.05. The predicted octanol–water partition coefficient (Wildman–Crippen LogP) is -0.444. The number of aliphatic hydroxyl groups excluding tert-OH is 1. The van der Waals surface area contributed by atoms with Crippen molar-refractivity contribution in [2.75, 3.05) is 48.2 Å². The van der Waals surface area contributed by atoms with Crippen LogP contribution in [0, 0.1) is 0 Å². The molecule has 19 heteroatoms. The van der Waals surface area contributed by atoms with Crippen molar-refractivity contribution in [3.8, 4) is 0 Å². The Kier molecular flexibility index (Phi) is 11.6. The fourth-order valence-corrected chi connectivity index (χ4v) is 3.48. The van der Waals surface area contributed by atoms with Crippen molar-refractivity contribution in [3.05, 3.63) is 33.1 Å². The molecule has 1 heterocycles. The van der Waals surface area contributed by atoms with E-state index in [9.17, 15) is 38.3 Å². The molecule has 0 spiro atoms. The number of aliphatic hydroxyl groups is 2. The first-order chi connectivity index (χ1) is 16.8. The van der Waals surface area contributed by atoms with Gasteiger partial charge in [0.1, 0.15) is 12.8 Å². The van der Waals surface area contributed by atoms with Gasteiger partial charge in [0.05, 0.1) is 20.8 Å². The normalized spacial score (nSPS) is 15.8. The highest BCUT2D eigenvalue weighted by atomic mass is 31.2. The van der Waals surface area contributed by atoms with Gasteiger partial charge in [-0.2, -0.15) is 0 Å². The van der Waals surface area contributed by atoms with Crippen molar-refractivity contribution in [1.82, 2.24) is 9.55 Å². The Hall–Kier alpha value is -2.86. The molecular formula is C17H26FN2O15P. The summed E-state index contributed by atoms with van der Waals surface area (Å²) in [5.74, 6) is 0. The Bertz CT molecular complexity index is 1010. The summed E-state index contributed by atoms with van der Waals surface area (Å²) in [4.78, 5) is 47.4. The van der Waals surface area contributed by atoms with Crippen molar-refractivity contribution in [3.63, 3.8) is 0 Å². The number of carbonyl (C=O) groups excluding carboxylic acids is 2. The van der Waals surface area contributed by atoms with Crippen LogP contribution in [0.3, 0.4) is 0 Å². The highest BCUT2D eigenvalue weighted by Crippen LogP contribution is 2.50. The maximum atomic E-state index is 14.2. The van der Waals surface area contributed by atoms with Gasteiger partial charge in [0, 0.05) is 19.4 Å². The van der Waals surface area contributed by atoms with E-state index in [0.717, 1.165) is 40.5 Å². The highest BCUT2D eigenvalue weighted by molar-refractivity contribution is 7.48. The van der Waals surface area contributed by atoms with Crippen molar-refractivity contribution in [1.29, 1.82) is 0 Å². The van der Waals surface area contributed by atoms with Crippen LogP contribution >= 0.6 is 7.82 Å². The monoisotopic (exact) mass is 548 g/mol. The minimum Gasteiger partial charge on any atom is -0.438 e. The Morgan fingerprint density at radius 2 is 1.64 bits per heavy atom. The number of rotatable bonds is 14. The fourth-order valence-electron chi connectivity index (χ4n) is 2.52. The Morgan fingerprint density at radius 1 is 1.11 bits per heavy atom. The summed E-state index contributed by atoms with van der Waals surface area (Å²) in [5, 5.41) is 21.6. The Labute approximate surface area is 202 Å². The lowest BCUT2D eigenvalue weighted by atomic mass is 9.90. The van der Waals surface area contributed by atoms with E-state index in [4.69, 9.17) is 18.3 Å². The van der Waals surface area contributed by atoms with Crippen LogP contribution in [0.1, 0.15) is 6.92 Å². The molecule has 0 bridgehead atoms. The first kappa shape index (κ1) is 31.2. The predicted molar refractivity (Wildman–Crippen MR) is 111 cm³/mol. The zero-order chi connectivity index (χ0) is 27.6. The molecule has 36 heavy (non-hydrogen) atoms. The number of nitrogens with one attached hydrogen (secondary N) is 1. The SMILES string of the molecule is COC(=O)OCOP(=O)(OCOC(=O)OC)OC[C@@](CF)(OC)[C@@H](O)[C@@](C)(O)n1ccc(=O)[nH]c1=O. The molecule has 0 aromatic carbocycles. The molecule has 0 unspecified atom stereocenters. The topological polar surface area (TPSA) is 220 Å². The molecule has 0 aliphatic carbocycles. The van der Waals surface area contributed by atoms with E-state index in [2.05, 4.69) is 18.9 Å². The number of hydrogen-bond acceptors (Lipinski definition) is 15. The number of hydrogen-bond donors (Lipinski definition) is 3. The Balaban J connectivity index is 3.18. The van der Waals surface area contributed by atoms with Crippen molar-refractivity contribution in [2.45, 2.75) is 24.4 Å². The van der Waals surface area contributed by atoms with Crippen molar-refractivity contribution < 1.29 is 66.0 Å². The van der Waals surface area contributed by atoms with E-state index in [0.29, 0.717) is 4.57 Å². The standard InChI is InChI=1S/C17H26FN2O15P/c1-16(26,20-6-5-11(21)19-13(20)23)12(22)17(7-18,30-4)8-33-36(27,34-9-31-14(24)28-2)35-10-32-15(25)29-3/h5-6,12,22,26H,7-10H2,1-4H3,(H,19,21,23)/t12-,16+,17+/m0/s1. The van der Waals surface area contributed by atoms with Gasteiger partial charge in [-0.25, -0.2) is 32.4 Å². The van der Waals surface area contributed by atoms with Gasteiger partial charge in [-0.1, -0.05) is 0 Å². The number of carbonyl (C=O) groups is 2. The lowest BCUT2D eigenvalue weighted by molar-refractivity contribution is -0.228. The van der Waals surface area contributed by atoms with Gasteiger partial charge in [0.15, 0.2) is 11.3 Å². The highest BCUT2D eigenvalue weighted by Gasteiger charge is 2.51. The van der Waals surface area contributed by atoms with E-state index in [-0.39, 0.29) is 0 Å². The molecule has 1 aromatic rings. The summed E-state index contributed by atoms with van der Waals surface area (Å²) < 4.78 is 64.2. The molecule has 1 aromatic heterocycles. The number of H-pyrrole nitrogens is 1. The third-order valence-electron chi connectivity index (χ3n) is 4.54. The third-order valence-corrected chi connectivity index (χ3v) is 5.82. The molecule has 206 valence electrons. The van der Waals surface area contributed by atoms with E-state index in [1.807, 2.05) is 4.98 Å². The molecule has 0 amide bonds. The van der Waals surface area contributed by atoms with Gasteiger partial charge in [-0.05, 0) is 6.92 Å². The van der Waals surface area contributed by atoms with E-state index in [1.165, 1.54) is 0 Å². The molecule has 1 rings (SSSR count). The second-order valence-corrected chi connectivity index (χ2v) is 8.46. The zero-order valence-electron chi connectivity index (χ0n) is 19.5. The minimum atomic E-state index is -4.88. The number of ether oxygens (including phenoxy) is 5. The minimum absolute atomic E-state index is 0.476. The second-order valence-electron chi connectivity index (χ2n) is 6.79. The van der Waals surface area contributed by atoms with Gasteiger partial charge in [-0.15, -0.1) is 0 Å². The quantitative estimate of drug-likeness (QED) is 0.152. The van der Waals surface area contributed by atoms with Gasteiger partial charge in [-0.3, -0.25) is 18.9 Å². The average molecular weight is 548 g/mol. The Morgan fingerprint density at radius 3 is 2.06 bits per heavy atom. The van der Waals surface area contributed by atoms with E-state index in [1.54, 1.807) is 0 Å². The summed E-state index contributed by atoms with van der Waals surface area (Å²) in [5.41, 5.74) is -7.13. The van der Waals surface area contributed by atoms with E-state index < -0.39 is 75.7 Å². The summed E-state index contributed by atoms with van der Waals surface area (Å²) in [6.07, 6.45) is -4.00. The first-order valence-corrected chi connectivity index (χ1v) is 11.1. The van der Waals surface area contributed by atoms with Gasteiger partial charge in [0.25, 0.3) is 5.56 Å². The van der Waals surface area contributed by atoms with Crippen LogP contribution in [-0.2, 0) is 47.5 Å². The van der Waals surface area contributed by atoms with Crippen LogP contribution in [0.5, 0.6) is 0 Å². The maximum absolute atomic E-state index is 14.2. The lowest BCUT2D eigenvalue weighted by Crippen LogP contribution is -2.62. The molecular weight excluding hydrogens is 522 g/mol. The van der Waals surface area contributed by atoms with Crippen LogP contribution < -0.4 is 11.2 Å². The second kappa shape index (κ2) is 13.4. The number of aromatic amines is 1. The lowest BCUT2D eigenvalue weighted by Gasteiger charge is -2.41. The molecule has 3 N–H and O–H groups in total. The number of nitrogens with zero attached hydrogens (tertiary/aromatic N) is 1. The summed E-state index contributed by atoms with van der Waals surface area (Å²) in [6.45, 7) is -4.04. The molecule has 3 atom stereocenters. The molecule has 0 saturated heterocycles. The largest absolute Gasteiger partial charge is 0.510 e. The van der Waals surface area contributed by atoms with Crippen molar-refractivity contribution in [2.24, 2.45) is 0 Å². The zero-order valence-corrected chi connectivity index (χ0v) is 20.4. The number of alkyl halides is 1. The van der Waals surface area contributed by atoms with E-state index >= 15 is 0 Å². The summed E-state index contributed by atoms with van der Waals surface area (Å²) in [6, 6.07) is 0.849.